The number of primary amides is 1. The smallest absolute Gasteiger partial charge is 0.256 e. The zero-order chi connectivity index (χ0) is 20.4. The molecule has 2 amide bonds. The Labute approximate surface area is 175 Å². The van der Waals surface area contributed by atoms with Crippen LogP contribution in [0.5, 0.6) is 0 Å². The monoisotopic (exact) mass is 445 g/mol. The number of nitrogens with zero attached hydrogens (tertiary/aromatic N) is 1. The quantitative estimate of drug-likeness (QED) is 0.462. The van der Waals surface area contributed by atoms with Gasteiger partial charge in [0.05, 0.1) is 16.8 Å². The normalized spacial score (nSPS) is 10.7. The van der Waals surface area contributed by atoms with Gasteiger partial charge in [0.15, 0.2) is 0 Å². The number of carbonyl (C=O) groups is 2. The van der Waals surface area contributed by atoms with Gasteiger partial charge in [-0.15, -0.1) is 0 Å². The van der Waals surface area contributed by atoms with Crippen LogP contribution in [0.2, 0.25) is 0 Å². The first-order valence-electron chi connectivity index (χ1n) is 8.88. The maximum atomic E-state index is 13.0. The second kappa shape index (κ2) is 7.85. The largest absolute Gasteiger partial charge is 0.366 e. The highest BCUT2D eigenvalue weighted by Gasteiger charge is 2.14. The van der Waals surface area contributed by atoms with Crippen LogP contribution < -0.4 is 11.1 Å². The van der Waals surface area contributed by atoms with E-state index in [0.717, 1.165) is 20.9 Å². The van der Waals surface area contributed by atoms with E-state index >= 15 is 0 Å². The number of anilines is 1. The van der Waals surface area contributed by atoms with Crippen LogP contribution >= 0.6 is 15.9 Å². The molecule has 0 bridgehead atoms. The average Bonchev–Trinajstić information content (AvgIpc) is 2.74. The summed E-state index contributed by atoms with van der Waals surface area (Å²) in [4.78, 5) is 29.0. The highest BCUT2D eigenvalue weighted by atomic mass is 79.9. The molecule has 0 unspecified atom stereocenters. The maximum Gasteiger partial charge on any atom is 0.256 e. The third-order valence-corrected chi connectivity index (χ3v) is 5.06. The summed E-state index contributed by atoms with van der Waals surface area (Å²) in [6, 6.07) is 23.6. The summed E-state index contributed by atoms with van der Waals surface area (Å²) in [5.41, 5.74) is 9.11. The number of aromatic nitrogens is 1. The lowest BCUT2D eigenvalue weighted by atomic mass is 10.0. The van der Waals surface area contributed by atoms with Crippen molar-refractivity contribution in [3.05, 3.63) is 94.5 Å². The van der Waals surface area contributed by atoms with Crippen LogP contribution in [0.1, 0.15) is 20.7 Å². The Bertz CT molecular complexity index is 1220. The number of benzene rings is 3. The molecule has 1 aromatic heterocycles. The summed E-state index contributed by atoms with van der Waals surface area (Å²) in [5, 5.41) is 3.64. The van der Waals surface area contributed by atoms with Crippen molar-refractivity contribution in [1.29, 1.82) is 0 Å². The second-order valence-electron chi connectivity index (χ2n) is 6.47. The van der Waals surface area contributed by atoms with Crippen LogP contribution in [0.15, 0.2) is 83.3 Å². The van der Waals surface area contributed by atoms with Crippen LogP contribution in [-0.2, 0) is 0 Å². The summed E-state index contributed by atoms with van der Waals surface area (Å²) in [5.74, 6) is -0.768. The first-order valence-corrected chi connectivity index (χ1v) is 9.67. The van der Waals surface area contributed by atoms with Crippen LogP contribution in [0.3, 0.4) is 0 Å². The molecule has 0 saturated heterocycles. The Kier molecular flexibility index (Phi) is 5.10. The molecule has 0 aliphatic rings. The minimum absolute atomic E-state index is 0.256. The van der Waals surface area contributed by atoms with Crippen molar-refractivity contribution in [2.45, 2.75) is 0 Å². The van der Waals surface area contributed by atoms with E-state index in [2.05, 4.69) is 21.2 Å². The van der Waals surface area contributed by atoms with E-state index < -0.39 is 5.91 Å². The zero-order valence-corrected chi connectivity index (χ0v) is 16.8. The van der Waals surface area contributed by atoms with Crippen molar-refractivity contribution >= 4 is 44.3 Å². The fourth-order valence-electron chi connectivity index (χ4n) is 3.05. The molecule has 0 radical (unpaired) electrons. The number of nitrogens with two attached hydrogens (primary N) is 1. The number of halogens is 1. The number of fused-ring (bicyclic) bond motifs is 1. The predicted molar refractivity (Wildman–Crippen MR) is 118 cm³/mol. The van der Waals surface area contributed by atoms with Crippen molar-refractivity contribution in [2.24, 2.45) is 5.73 Å². The van der Waals surface area contributed by atoms with Crippen molar-refractivity contribution in [2.75, 3.05) is 5.32 Å². The summed E-state index contributed by atoms with van der Waals surface area (Å²) in [7, 11) is 0. The third-order valence-electron chi connectivity index (χ3n) is 4.53. The SMILES string of the molecule is NC(=O)c1ccc(NC(=O)c2cc(-c3ccc(Br)cc3)nc3ccccc23)cc1. The molecular formula is C23H16BrN3O2. The predicted octanol–water partition coefficient (Wildman–Crippen LogP) is 5.02. The molecule has 0 spiro atoms. The lowest BCUT2D eigenvalue weighted by molar-refractivity contribution is 0.0998. The molecule has 4 rings (SSSR count). The first-order chi connectivity index (χ1) is 14.0. The van der Waals surface area contributed by atoms with Crippen molar-refractivity contribution in [3.63, 3.8) is 0 Å². The number of rotatable bonds is 4. The minimum atomic E-state index is -0.512. The number of pyridine rings is 1. The van der Waals surface area contributed by atoms with Gasteiger partial charge in [-0.3, -0.25) is 9.59 Å². The van der Waals surface area contributed by atoms with Crippen molar-refractivity contribution < 1.29 is 9.59 Å². The minimum Gasteiger partial charge on any atom is -0.366 e. The van der Waals surface area contributed by atoms with Gasteiger partial charge in [0.1, 0.15) is 0 Å². The van der Waals surface area contributed by atoms with Crippen LogP contribution in [0.4, 0.5) is 5.69 Å². The number of hydrogen-bond acceptors (Lipinski definition) is 3. The lowest BCUT2D eigenvalue weighted by Crippen LogP contribution is -2.14. The Hall–Kier alpha value is -3.51. The van der Waals surface area contributed by atoms with Gasteiger partial charge >= 0.3 is 0 Å². The van der Waals surface area contributed by atoms with Gasteiger partial charge in [0.2, 0.25) is 5.91 Å². The van der Waals surface area contributed by atoms with E-state index in [0.29, 0.717) is 22.5 Å². The van der Waals surface area contributed by atoms with Gasteiger partial charge in [-0.1, -0.05) is 46.3 Å². The van der Waals surface area contributed by atoms with E-state index in [1.54, 1.807) is 30.3 Å². The Morgan fingerprint density at radius 2 is 1.59 bits per heavy atom. The maximum absolute atomic E-state index is 13.0. The van der Waals surface area contributed by atoms with Crippen LogP contribution in [-0.4, -0.2) is 16.8 Å². The average molecular weight is 446 g/mol. The number of para-hydroxylation sites is 1. The molecule has 0 fully saturated rings. The van der Waals surface area contributed by atoms with Crippen molar-refractivity contribution in [3.8, 4) is 11.3 Å². The van der Waals surface area contributed by atoms with Crippen LogP contribution in [0, 0.1) is 0 Å². The highest BCUT2D eigenvalue weighted by molar-refractivity contribution is 9.10. The highest BCUT2D eigenvalue weighted by Crippen LogP contribution is 2.26. The fraction of sp³-hybridized carbons (Fsp3) is 0. The van der Waals surface area contributed by atoms with Gasteiger partial charge in [-0.25, -0.2) is 4.98 Å². The van der Waals surface area contributed by atoms with E-state index in [9.17, 15) is 9.59 Å². The molecule has 1 heterocycles. The van der Waals surface area contributed by atoms with Gasteiger partial charge in [-0.05, 0) is 48.5 Å². The number of nitrogens with one attached hydrogen (secondary N) is 1. The first kappa shape index (κ1) is 18.8. The Balaban J connectivity index is 1.74. The molecule has 142 valence electrons. The molecule has 29 heavy (non-hydrogen) atoms. The summed E-state index contributed by atoms with van der Waals surface area (Å²) in [6.07, 6.45) is 0. The molecule has 0 saturated carbocycles. The molecule has 0 aliphatic carbocycles. The van der Waals surface area contributed by atoms with Gasteiger partial charge < -0.3 is 11.1 Å². The number of carbonyl (C=O) groups excluding carboxylic acids is 2. The van der Waals surface area contributed by atoms with E-state index in [-0.39, 0.29) is 5.91 Å². The number of hydrogen-bond donors (Lipinski definition) is 2. The van der Waals surface area contributed by atoms with Gasteiger partial charge in [0, 0.05) is 26.7 Å². The summed E-state index contributed by atoms with van der Waals surface area (Å²) in [6.45, 7) is 0. The number of amides is 2. The second-order valence-corrected chi connectivity index (χ2v) is 7.39. The van der Waals surface area contributed by atoms with E-state index in [1.165, 1.54) is 0 Å². The molecule has 3 N–H and O–H groups in total. The molecule has 3 aromatic carbocycles. The van der Waals surface area contributed by atoms with Crippen LogP contribution in [0.25, 0.3) is 22.2 Å². The molecule has 6 heteroatoms. The Morgan fingerprint density at radius 3 is 2.28 bits per heavy atom. The topological polar surface area (TPSA) is 85.1 Å². The van der Waals surface area contributed by atoms with Crippen molar-refractivity contribution in [1.82, 2.24) is 4.98 Å². The molecule has 0 atom stereocenters. The summed E-state index contributed by atoms with van der Waals surface area (Å²) < 4.78 is 0.972. The molecular weight excluding hydrogens is 430 g/mol. The van der Waals surface area contributed by atoms with E-state index in [4.69, 9.17) is 10.7 Å². The molecule has 0 aliphatic heterocycles. The van der Waals surface area contributed by atoms with E-state index in [1.807, 2.05) is 48.5 Å². The Morgan fingerprint density at radius 1 is 0.897 bits per heavy atom. The summed E-state index contributed by atoms with van der Waals surface area (Å²) >= 11 is 3.43. The molecule has 4 aromatic rings. The lowest BCUT2D eigenvalue weighted by Gasteiger charge is -2.11. The standard InChI is InChI=1S/C23H16BrN3O2/c24-16-9-5-14(6-10-16)21-13-19(18-3-1-2-4-20(18)27-21)23(29)26-17-11-7-15(8-12-17)22(25)28/h1-13H,(H2,25,28)(H,26,29). The molecule has 5 nitrogen and oxygen atoms in total. The zero-order valence-electron chi connectivity index (χ0n) is 15.2. The van der Waals surface area contributed by atoms with Gasteiger partial charge in [0.25, 0.3) is 5.91 Å². The third kappa shape index (κ3) is 4.02. The van der Waals surface area contributed by atoms with Gasteiger partial charge in [-0.2, -0.15) is 0 Å². The fourth-order valence-corrected chi connectivity index (χ4v) is 3.31.